The molecule has 2 aliphatic heterocycles. The second kappa shape index (κ2) is 7.81. The van der Waals surface area contributed by atoms with E-state index >= 15 is 0 Å². The lowest BCUT2D eigenvalue weighted by Gasteiger charge is -2.23. The lowest BCUT2D eigenvalue weighted by molar-refractivity contribution is -0.147. The fourth-order valence-electron chi connectivity index (χ4n) is 2.75. The molecule has 0 saturated heterocycles. The van der Waals surface area contributed by atoms with Crippen LogP contribution in [0.15, 0.2) is 47.4 Å². The first-order valence-corrected chi connectivity index (χ1v) is 9.38. The molecule has 8 nitrogen and oxygen atoms in total. The Bertz CT molecular complexity index is 948. The number of carbonyl (C=O) groups is 3. The summed E-state index contributed by atoms with van der Waals surface area (Å²) in [6.07, 6.45) is -0.123. The van der Waals surface area contributed by atoms with Gasteiger partial charge in [-0.15, -0.1) is 11.8 Å². The van der Waals surface area contributed by atoms with Crippen molar-refractivity contribution in [2.45, 2.75) is 16.6 Å². The molecule has 2 heterocycles. The molecule has 0 aliphatic carbocycles. The highest BCUT2D eigenvalue weighted by molar-refractivity contribution is 8.01. The molecule has 144 valence electrons. The van der Waals surface area contributed by atoms with Gasteiger partial charge in [0, 0.05) is 16.6 Å². The van der Waals surface area contributed by atoms with Crippen molar-refractivity contribution in [1.82, 2.24) is 0 Å². The number of nitrogens with one attached hydrogen (secondary N) is 2. The number of esters is 1. The fraction of sp³-hybridized carbons (Fsp3) is 0.211. The summed E-state index contributed by atoms with van der Waals surface area (Å²) < 4.78 is 15.4. The van der Waals surface area contributed by atoms with E-state index in [2.05, 4.69) is 10.6 Å². The minimum atomic E-state index is -0.618. The first kappa shape index (κ1) is 18.2. The van der Waals surface area contributed by atoms with Crippen molar-refractivity contribution in [2.24, 2.45) is 0 Å². The van der Waals surface area contributed by atoms with Crippen molar-refractivity contribution in [2.75, 3.05) is 24.0 Å². The maximum Gasteiger partial charge on any atom is 0.307 e. The van der Waals surface area contributed by atoms with Crippen LogP contribution in [0, 0.1) is 0 Å². The van der Waals surface area contributed by atoms with Crippen LogP contribution in [0.3, 0.4) is 0 Å². The molecular weight excluding hydrogens is 384 g/mol. The lowest BCUT2D eigenvalue weighted by atomic mass is 10.2. The largest absolute Gasteiger partial charge is 0.456 e. The Morgan fingerprint density at radius 2 is 2.00 bits per heavy atom. The highest BCUT2D eigenvalue weighted by Gasteiger charge is 2.29. The molecule has 0 unspecified atom stereocenters. The summed E-state index contributed by atoms with van der Waals surface area (Å²) in [5.41, 5.74) is 1.23. The number of amides is 2. The molecule has 0 saturated carbocycles. The molecule has 2 aliphatic rings. The van der Waals surface area contributed by atoms with E-state index in [9.17, 15) is 14.4 Å². The Labute approximate surface area is 164 Å². The van der Waals surface area contributed by atoms with Gasteiger partial charge in [-0.25, -0.2) is 0 Å². The van der Waals surface area contributed by atoms with E-state index in [0.29, 0.717) is 17.2 Å². The second-order valence-corrected chi connectivity index (χ2v) is 7.32. The number of benzene rings is 2. The van der Waals surface area contributed by atoms with Gasteiger partial charge in [-0.1, -0.05) is 12.1 Å². The quantitative estimate of drug-likeness (QED) is 0.743. The van der Waals surface area contributed by atoms with Gasteiger partial charge >= 0.3 is 5.97 Å². The third-order valence-corrected chi connectivity index (χ3v) is 5.35. The van der Waals surface area contributed by atoms with Crippen molar-refractivity contribution in [1.29, 1.82) is 0 Å². The maximum atomic E-state index is 12.1. The van der Waals surface area contributed by atoms with Crippen LogP contribution in [0.2, 0.25) is 0 Å². The van der Waals surface area contributed by atoms with E-state index in [0.717, 1.165) is 10.6 Å². The molecule has 2 aromatic carbocycles. The number of hydrogen-bond acceptors (Lipinski definition) is 7. The Morgan fingerprint density at radius 3 is 2.89 bits per heavy atom. The fourth-order valence-corrected chi connectivity index (χ4v) is 3.85. The minimum absolute atomic E-state index is 0.123. The van der Waals surface area contributed by atoms with Gasteiger partial charge < -0.3 is 24.8 Å². The van der Waals surface area contributed by atoms with Gasteiger partial charge in [0.15, 0.2) is 18.1 Å². The summed E-state index contributed by atoms with van der Waals surface area (Å²) in [7, 11) is 0. The van der Waals surface area contributed by atoms with E-state index in [1.165, 1.54) is 11.8 Å². The molecule has 0 radical (unpaired) electrons. The summed E-state index contributed by atoms with van der Waals surface area (Å²) in [6.45, 7) is -0.301. The van der Waals surface area contributed by atoms with Crippen LogP contribution < -0.4 is 20.1 Å². The average molecular weight is 400 g/mol. The van der Waals surface area contributed by atoms with Gasteiger partial charge in [0.25, 0.3) is 5.91 Å². The first-order valence-electron chi connectivity index (χ1n) is 8.50. The van der Waals surface area contributed by atoms with E-state index in [4.69, 9.17) is 14.2 Å². The normalized spacial score (nSPS) is 16.7. The number of anilines is 2. The molecule has 0 spiro atoms. The van der Waals surface area contributed by atoms with Crippen molar-refractivity contribution < 1.29 is 28.6 Å². The van der Waals surface area contributed by atoms with Crippen LogP contribution >= 0.6 is 11.8 Å². The van der Waals surface area contributed by atoms with Crippen LogP contribution in [-0.4, -0.2) is 36.4 Å². The van der Waals surface area contributed by atoms with E-state index in [1.54, 1.807) is 24.3 Å². The second-order valence-electron chi connectivity index (χ2n) is 6.07. The zero-order valence-electron chi connectivity index (χ0n) is 14.6. The molecule has 0 fully saturated rings. The predicted molar refractivity (Wildman–Crippen MR) is 101 cm³/mol. The van der Waals surface area contributed by atoms with Crippen molar-refractivity contribution in [3.05, 3.63) is 42.5 Å². The van der Waals surface area contributed by atoms with Gasteiger partial charge in [0.05, 0.1) is 17.4 Å². The van der Waals surface area contributed by atoms with E-state index in [1.807, 2.05) is 18.2 Å². The van der Waals surface area contributed by atoms with Gasteiger partial charge in [-0.2, -0.15) is 0 Å². The van der Waals surface area contributed by atoms with Crippen molar-refractivity contribution >= 4 is 40.9 Å². The number of thioether (sulfide) groups is 1. The molecule has 2 aromatic rings. The SMILES string of the molecule is O=C(COC(=O)C[C@H]1Sc2ccccc2NC1=O)Nc1ccc2c(c1)OCO2. The van der Waals surface area contributed by atoms with Crippen LogP contribution in [0.1, 0.15) is 6.42 Å². The number of rotatable bonds is 5. The highest BCUT2D eigenvalue weighted by atomic mass is 32.2. The maximum absolute atomic E-state index is 12.1. The zero-order chi connectivity index (χ0) is 19.5. The Hall–Kier alpha value is -3.20. The van der Waals surface area contributed by atoms with Crippen LogP contribution in [0.4, 0.5) is 11.4 Å². The molecule has 28 heavy (non-hydrogen) atoms. The molecule has 2 amide bonds. The summed E-state index contributed by atoms with van der Waals surface area (Å²) in [4.78, 5) is 37.1. The molecule has 2 N–H and O–H groups in total. The third kappa shape index (κ3) is 4.04. The smallest absolute Gasteiger partial charge is 0.307 e. The molecule has 4 rings (SSSR count). The van der Waals surface area contributed by atoms with Gasteiger partial charge in [-0.3, -0.25) is 14.4 Å². The average Bonchev–Trinajstić information content (AvgIpc) is 3.15. The number of fused-ring (bicyclic) bond motifs is 2. The van der Waals surface area contributed by atoms with Gasteiger partial charge in [0.2, 0.25) is 12.7 Å². The van der Waals surface area contributed by atoms with E-state index < -0.39 is 23.7 Å². The molecular formula is C19H16N2O6S. The van der Waals surface area contributed by atoms with Crippen LogP contribution in [0.25, 0.3) is 0 Å². The topological polar surface area (TPSA) is 103 Å². The monoisotopic (exact) mass is 400 g/mol. The lowest BCUT2D eigenvalue weighted by Crippen LogP contribution is -2.32. The molecule has 0 aromatic heterocycles. The third-order valence-electron chi connectivity index (χ3n) is 4.08. The Kier molecular flexibility index (Phi) is 5.07. The first-order chi connectivity index (χ1) is 13.6. The molecule has 1 atom stereocenters. The number of hydrogen-bond donors (Lipinski definition) is 2. The molecule has 9 heteroatoms. The Balaban J connectivity index is 1.26. The number of carbonyl (C=O) groups excluding carboxylic acids is 3. The highest BCUT2D eigenvalue weighted by Crippen LogP contribution is 2.37. The van der Waals surface area contributed by atoms with Crippen molar-refractivity contribution in [3.63, 3.8) is 0 Å². The predicted octanol–water partition coefficient (Wildman–Crippen LogP) is 2.40. The summed E-state index contributed by atoms with van der Waals surface area (Å²) in [5, 5.41) is 4.78. The standard InChI is InChI=1S/C19H16N2O6S/c22-17(20-11-5-6-13-14(7-11)27-10-26-13)9-25-18(23)8-16-19(24)21-12-3-1-2-4-15(12)28-16/h1-7,16H,8-10H2,(H,20,22)(H,21,24)/t16-/m1/s1. The molecule has 0 bridgehead atoms. The summed E-state index contributed by atoms with van der Waals surface area (Å²) in [5.74, 6) is -0.221. The van der Waals surface area contributed by atoms with Crippen LogP contribution in [0.5, 0.6) is 11.5 Å². The van der Waals surface area contributed by atoms with Gasteiger partial charge in [0.1, 0.15) is 0 Å². The summed E-state index contributed by atoms with van der Waals surface area (Å²) in [6, 6.07) is 12.3. The number of ether oxygens (including phenoxy) is 3. The van der Waals surface area contributed by atoms with Gasteiger partial charge in [-0.05, 0) is 24.3 Å². The zero-order valence-corrected chi connectivity index (χ0v) is 15.4. The van der Waals surface area contributed by atoms with Crippen LogP contribution in [-0.2, 0) is 19.1 Å². The summed E-state index contributed by atoms with van der Waals surface area (Å²) >= 11 is 1.30. The van der Waals surface area contributed by atoms with E-state index in [-0.39, 0.29) is 19.1 Å². The van der Waals surface area contributed by atoms with Crippen molar-refractivity contribution in [3.8, 4) is 11.5 Å². The number of para-hydroxylation sites is 1. The Morgan fingerprint density at radius 1 is 1.18 bits per heavy atom. The minimum Gasteiger partial charge on any atom is -0.456 e.